The van der Waals surface area contributed by atoms with Crippen LogP contribution in [0.2, 0.25) is 0 Å². The van der Waals surface area contributed by atoms with E-state index in [4.69, 9.17) is 9.47 Å². The van der Waals surface area contributed by atoms with E-state index in [1.54, 1.807) is 20.8 Å². The van der Waals surface area contributed by atoms with Crippen LogP contribution in [0.15, 0.2) is 23.8 Å². The molecule has 5 rings (SSSR count). The van der Waals surface area contributed by atoms with E-state index in [1.165, 1.54) is 19.1 Å². The highest BCUT2D eigenvalue weighted by Gasteiger charge is 2.80. The number of aliphatic hydroxyl groups is 2. The van der Waals surface area contributed by atoms with Crippen LogP contribution >= 0.6 is 0 Å². The van der Waals surface area contributed by atoms with Gasteiger partial charge in [-0.25, -0.2) is 8.78 Å². The third-order valence-electron chi connectivity index (χ3n) is 9.18. The fraction of sp³-hybridized carbons (Fsp3) is 0.750. The Bertz CT molecular complexity index is 960. The Kier molecular flexibility index (Phi) is 4.42. The van der Waals surface area contributed by atoms with Crippen molar-refractivity contribution in [2.75, 3.05) is 6.61 Å². The molecular weight excluding hydrogens is 422 g/mol. The zero-order valence-corrected chi connectivity index (χ0v) is 18.7. The van der Waals surface area contributed by atoms with Crippen molar-refractivity contribution in [1.29, 1.82) is 0 Å². The van der Waals surface area contributed by atoms with Gasteiger partial charge < -0.3 is 19.7 Å². The van der Waals surface area contributed by atoms with Crippen molar-refractivity contribution in [3.63, 3.8) is 0 Å². The lowest BCUT2D eigenvalue weighted by Gasteiger charge is -2.63. The molecule has 1 heterocycles. The molecule has 0 unspecified atom stereocenters. The number of ether oxygens (including phenoxy) is 2. The summed E-state index contributed by atoms with van der Waals surface area (Å²) in [5.74, 6) is -3.53. The number of Topliss-reactive ketones (excluding diaryl/α,β-unsaturated/α-hetero) is 1. The number of hydrogen-bond donors (Lipinski definition) is 2. The Morgan fingerprint density at radius 1 is 1.22 bits per heavy atom. The average Bonchev–Trinajstić information content (AvgIpc) is 3.11. The standard InChI is InChI=1S/C24H30F2O6/c1-20(2)31-19-9-13-14-8-16(25)15-7-12(28)5-6-21(15,3)23(14,26)17(29)10-22(13,4)24(19,32-20)18(30)11-27/h5-7,13-14,16-17,19,27,29H,8-11H2,1-4H3/t13-,14-,16-,17+,19-,21-,22-,23-,24+/m0/s1. The molecule has 32 heavy (non-hydrogen) atoms. The van der Waals surface area contributed by atoms with E-state index in [1.807, 2.05) is 0 Å². The van der Waals surface area contributed by atoms with Crippen molar-refractivity contribution in [3.8, 4) is 0 Å². The molecule has 5 aliphatic rings. The van der Waals surface area contributed by atoms with Crippen molar-refractivity contribution in [3.05, 3.63) is 23.8 Å². The molecule has 4 fully saturated rings. The predicted octanol–water partition coefficient (Wildman–Crippen LogP) is 2.37. The highest BCUT2D eigenvalue weighted by Crippen LogP contribution is 2.72. The maximum absolute atomic E-state index is 17.1. The Labute approximate surface area is 185 Å². The summed E-state index contributed by atoms with van der Waals surface area (Å²) in [6.45, 7) is 5.87. The topological polar surface area (TPSA) is 93.1 Å². The van der Waals surface area contributed by atoms with Crippen LogP contribution in [0.4, 0.5) is 8.78 Å². The van der Waals surface area contributed by atoms with Crippen LogP contribution in [-0.2, 0) is 19.1 Å². The lowest BCUT2D eigenvalue weighted by Crippen LogP contribution is -2.71. The summed E-state index contributed by atoms with van der Waals surface area (Å²) in [7, 11) is 0. The highest BCUT2D eigenvalue weighted by atomic mass is 19.1. The molecule has 4 aliphatic carbocycles. The van der Waals surface area contributed by atoms with Gasteiger partial charge in [-0.05, 0) is 63.7 Å². The first-order valence-electron chi connectivity index (χ1n) is 11.3. The monoisotopic (exact) mass is 452 g/mol. The molecule has 0 radical (unpaired) electrons. The molecule has 0 amide bonds. The Morgan fingerprint density at radius 2 is 1.91 bits per heavy atom. The van der Waals surface area contributed by atoms with E-state index < -0.39 is 76.3 Å². The first-order chi connectivity index (χ1) is 14.8. The molecule has 9 atom stereocenters. The minimum absolute atomic E-state index is 0.0550. The molecule has 176 valence electrons. The van der Waals surface area contributed by atoms with E-state index in [2.05, 4.69) is 0 Å². The summed E-state index contributed by atoms with van der Waals surface area (Å²) in [5, 5.41) is 21.1. The highest BCUT2D eigenvalue weighted by molar-refractivity contribution is 6.01. The van der Waals surface area contributed by atoms with Gasteiger partial charge in [0.2, 0.25) is 0 Å². The van der Waals surface area contributed by atoms with Crippen LogP contribution in [0.1, 0.15) is 47.0 Å². The van der Waals surface area contributed by atoms with Crippen LogP contribution in [0, 0.1) is 22.7 Å². The van der Waals surface area contributed by atoms with Crippen molar-refractivity contribution < 1.29 is 38.1 Å². The fourth-order valence-corrected chi connectivity index (χ4v) is 7.92. The smallest absolute Gasteiger partial charge is 0.193 e. The summed E-state index contributed by atoms with van der Waals surface area (Å²) in [5.41, 5.74) is -6.30. The quantitative estimate of drug-likeness (QED) is 0.668. The zero-order chi connectivity index (χ0) is 23.5. The lowest BCUT2D eigenvalue weighted by molar-refractivity contribution is -0.248. The van der Waals surface area contributed by atoms with Crippen LogP contribution in [0.3, 0.4) is 0 Å². The second-order valence-corrected chi connectivity index (χ2v) is 11.0. The second-order valence-electron chi connectivity index (χ2n) is 11.0. The zero-order valence-electron chi connectivity index (χ0n) is 18.7. The third-order valence-corrected chi connectivity index (χ3v) is 9.18. The average molecular weight is 452 g/mol. The van der Waals surface area contributed by atoms with Gasteiger partial charge in [0.25, 0.3) is 0 Å². The number of carbonyl (C=O) groups excluding carboxylic acids is 2. The van der Waals surface area contributed by atoms with E-state index in [-0.39, 0.29) is 24.8 Å². The summed E-state index contributed by atoms with van der Waals surface area (Å²) in [4.78, 5) is 25.1. The maximum atomic E-state index is 17.1. The van der Waals surface area contributed by atoms with Crippen LogP contribution in [0.5, 0.6) is 0 Å². The number of aliphatic hydroxyl groups excluding tert-OH is 2. The number of allylic oxidation sites excluding steroid dienone is 4. The largest absolute Gasteiger partial charge is 0.390 e. The number of fused-ring (bicyclic) bond motifs is 7. The first kappa shape index (κ1) is 22.3. The molecule has 1 saturated heterocycles. The van der Waals surface area contributed by atoms with E-state index >= 15 is 8.78 Å². The van der Waals surface area contributed by atoms with Crippen molar-refractivity contribution in [2.24, 2.45) is 22.7 Å². The normalized spacial score (nSPS) is 53.2. The molecule has 3 saturated carbocycles. The van der Waals surface area contributed by atoms with Gasteiger partial charge in [0.1, 0.15) is 12.8 Å². The summed E-state index contributed by atoms with van der Waals surface area (Å²) in [6, 6.07) is 0. The van der Waals surface area contributed by atoms with Gasteiger partial charge in [-0.1, -0.05) is 13.0 Å². The van der Waals surface area contributed by atoms with Gasteiger partial charge >= 0.3 is 0 Å². The molecule has 6 nitrogen and oxygen atoms in total. The third kappa shape index (κ3) is 2.32. The molecule has 0 aromatic carbocycles. The fourth-order valence-electron chi connectivity index (χ4n) is 7.92. The lowest BCUT2D eigenvalue weighted by atomic mass is 9.44. The second kappa shape index (κ2) is 6.34. The van der Waals surface area contributed by atoms with Crippen molar-refractivity contribution in [1.82, 2.24) is 0 Å². The van der Waals surface area contributed by atoms with Gasteiger partial charge in [0, 0.05) is 16.7 Å². The van der Waals surface area contributed by atoms with Crippen LogP contribution in [-0.4, -0.2) is 63.8 Å². The van der Waals surface area contributed by atoms with Gasteiger partial charge in [-0.15, -0.1) is 0 Å². The molecular formula is C24H30F2O6. The van der Waals surface area contributed by atoms with E-state index in [0.717, 1.165) is 6.08 Å². The van der Waals surface area contributed by atoms with Gasteiger partial charge in [-0.2, -0.15) is 0 Å². The SMILES string of the molecule is CC1(C)O[C@H]2C[C@H]3[C@@H]4C[C@H](F)C5=CC(=O)C=C[C@]5(C)[C@@]4(F)[C@H](O)C[C@]3(C)[C@]2(C(=O)CO)O1. The van der Waals surface area contributed by atoms with Gasteiger partial charge in [-0.3, -0.25) is 9.59 Å². The summed E-state index contributed by atoms with van der Waals surface area (Å²) in [6.07, 6.45) is -0.151. The Morgan fingerprint density at radius 3 is 2.56 bits per heavy atom. The van der Waals surface area contributed by atoms with Crippen molar-refractivity contribution in [2.45, 2.75) is 82.4 Å². The Balaban J connectivity index is 1.66. The first-order valence-corrected chi connectivity index (χ1v) is 11.3. The van der Waals surface area contributed by atoms with Gasteiger partial charge in [0.15, 0.2) is 28.6 Å². The molecule has 2 N–H and O–H groups in total. The number of halogens is 2. The van der Waals surface area contributed by atoms with Gasteiger partial charge in [0.05, 0.1) is 12.2 Å². The summed E-state index contributed by atoms with van der Waals surface area (Å²) >= 11 is 0. The predicted molar refractivity (Wildman–Crippen MR) is 109 cm³/mol. The molecule has 8 heteroatoms. The Hall–Kier alpha value is -1.48. The number of alkyl halides is 2. The number of ketones is 2. The molecule has 0 aromatic rings. The molecule has 0 aromatic heterocycles. The van der Waals surface area contributed by atoms with Crippen molar-refractivity contribution >= 4 is 11.6 Å². The van der Waals surface area contributed by atoms with Crippen LogP contribution < -0.4 is 0 Å². The summed E-state index contributed by atoms with van der Waals surface area (Å²) < 4.78 is 44.8. The molecule has 0 bridgehead atoms. The van der Waals surface area contributed by atoms with E-state index in [0.29, 0.717) is 0 Å². The molecule has 1 aliphatic heterocycles. The number of hydrogen-bond acceptors (Lipinski definition) is 6. The number of carbonyl (C=O) groups is 2. The minimum Gasteiger partial charge on any atom is -0.390 e. The minimum atomic E-state index is -2.24. The number of rotatable bonds is 2. The van der Waals surface area contributed by atoms with E-state index in [9.17, 15) is 19.8 Å². The molecule has 0 spiro atoms. The van der Waals surface area contributed by atoms with Crippen LogP contribution in [0.25, 0.3) is 0 Å². The maximum Gasteiger partial charge on any atom is 0.193 e.